The lowest BCUT2D eigenvalue weighted by atomic mass is 9.64. The molecule has 0 spiro atoms. The lowest BCUT2D eigenvalue weighted by Crippen LogP contribution is -2.49. The van der Waals surface area contributed by atoms with Gasteiger partial charge in [-0.1, -0.05) is 56.5 Å². The van der Waals surface area contributed by atoms with Crippen LogP contribution in [0.3, 0.4) is 0 Å². The first-order valence-corrected chi connectivity index (χ1v) is 8.84. The summed E-state index contributed by atoms with van der Waals surface area (Å²) in [6.07, 6.45) is 4.56. The Bertz CT molecular complexity index is 595. The average molecular weight is 347 g/mol. The van der Waals surface area contributed by atoms with Crippen LogP contribution in [-0.4, -0.2) is 23.2 Å². The van der Waals surface area contributed by atoms with E-state index in [9.17, 15) is 19.7 Å². The lowest BCUT2D eigenvalue weighted by molar-refractivity contribution is -0.533. The fourth-order valence-corrected chi connectivity index (χ4v) is 3.81. The molecule has 136 valence electrons. The van der Waals surface area contributed by atoms with Crippen molar-refractivity contribution in [2.75, 3.05) is 0 Å². The number of aldehydes is 1. The second kappa shape index (κ2) is 8.74. The fraction of sp³-hybridized carbons (Fsp3) is 0.579. The predicted molar refractivity (Wildman–Crippen MR) is 92.4 cm³/mol. The van der Waals surface area contributed by atoms with Crippen molar-refractivity contribution >= 4 is 12.3 Å². The Morgan fingerprint density at radius 2 is 1.92 bits per heavy atom. The van der Waals surface area contributed by atoms with E-state index in [0.29, 0.717) is 12.8 Å². The van der Waals surface area contributed by atoms with E-state index in [0.717, 1.165) is 31.1 Å². The number of carbonyl (C=O) groups excluding carboxylic acids is 2. The molecule has 0 saturated heterocycles. The molecule has 6 nitrogen and oxygen atoms in total. The maximum atomic E-state index is 12.8. The van der Waals surface area contributed by atoms with Crippen molar-refractivity contribution in [3.05, 3.63) is 46.0 Å². The standard InChI is InChI=1S/C19H25NO5/c1-2-16(20(23)24)17(19(14-21)11-7-4-8-12-19)18(22)25-13-15-9-5-3-6-10-15/h3,5-6,9-10,14,16-17H,2,4,7-8,11-13H2,1H3. The molecule has 1 saturated carbocycles. The van der Waals surface area contributed by atoms with Crippen LogP contribution < -0.4 is 0 Å². The van der Waals surface area contributed by atoms with Crippen LogP contribution in [0.5, 0.6) is 0 Å². The molecule has 2 unspecified atom stereocenters. The summed E-state index contributed by atoms with van der Waals surface area (Å²) >= 11 is 0. The molecule has 1 aromatic rings. The van der Waals surface area contributed by atoms with Gasteiger partial charge in [-0.15, -0.1) is 0 Å². The molecule has 0 aromatic heterocycles. The first kappa shape index (κ1) is 19.1. The summed E-state index contributed by atoms with van der Waals surface area (Å²) in [6, 6.07) is 8.07. The Labute approximate surface area is 147 Å². The molecular weight excluding hydrogens is 322 g/mol. The smallest absolute Gasteiger partial charge is 0.317 e. The van der Waals surface area contributed by atoms with E-state index in [-0.39, 0.29) is 13.0 Å². The van der Waals surface area contributed by atoms with E-state index in [1.807, 2.05) is 30.3 Å². The molecule has 6 heteroatoms. The van der Waals surface area contributed by atoms with Crippen LogP contribution in [0.15, 0.2) is 30.3 Å². The number of carbonyl (C=O) groups is 2. The van der Waals surface area contributed by atoms with E-state index in [1.54, 1.807) is 6.92 Å². The van der Waals surface area contributed by atoms with Crippen LogP contribution in [-0.2, 0) is 20.9 Å². The number of rotatable bonds is 8. The molecule has 0 N–H and O–H groups in total. The summed E-state index contributed by atoms with van der Waals surface area (Å²) in [6.45, 7) is 1.73. The molecule has 0 radical (unpaired) electrons. The second-order valence-electron chi connectivity index (χ2n) is 6.74. The normalized spacial score (nSPS) is 18.8. The number of nitrogens with zero attached hydrogens (tertiary/aromatic N) is 1. The molecule has 1 aromatic carbocycles. The SMILES string of the molecule is CCC(C(C(=O)OCc1ccccc1)C1(C=O)CCCCC1)[N+](=O)[O-]. The number of ether oxygens (including phenoxy) is 1. The van der Waals surface area contributed by atoms with E-state index < -0.39 is 28.3 Å². The third-order valence-corrected chi connectivity index (χ3v) is 5.19. The number of hydrogen-bond acceptors (Lipinski definition) is 5. The Kier molecular flexibility index (Phi) is 6.67. The van der Waals surface area contributed by atoms with Crippen molar-refractivity contribution in [3.8, 4) is 0 Å². The summed E-state index contributed by atoms with van der Waals surface area (Å²) in [7, 11) is 0. The van der Waals surface area contributed by atoms with E-state index in [2.05, 4.69) is 0 Å². The molecule has 25 heavy (non-hydrogen) atoms. The van der Waals surface area contributed by atoms with Crippen LogP contribution in [0.25, 0.3) is 0 Å². The number of benzene rings is 1. The topological polar surface area (TPSA) is 86.5 Å². The lowest BCUT2D eigenvalue weighted by Gasteiger charge is -2.38. The van der Waals surface area contributed by atoms with Gasteiger partial charge >= 0.3 is 5.97 Å². The van der Waals surface area contributed by atoms with E-state index >= 15 is 0 Å². The highest BCUT2D eigenvalue weighted by molar-refractivity contribution is 5.79. The molecule has 2 rings (SSSR count). The van der Waals surface area contributed by atoms with Crippen molar-refractivity contribution < 1.29 is 19.2 Å². The highest BCUT2D eigenvalue weighted by Gasteiger charge is 2.52. The van der Waals surface area contributed by atoms with Crippen molar-refractivity contribution in [2.45, 2.75) is 58.1 Å². The van der Waals surface area contributed by atoms with Crippen molar-refractivity contribution in [1.82, 2.24) is 0 Å². The predicted octanol–water partition coefficient (Wildman–Crippen LogP) is 3.55. The highest BCUT2D eigenvalue weighted by Crippen LogP contribution is 2.44. The number of nitro groups is 1. The minimum Gasteiger partial charge on any atom is -0.460 e. The molecule has 1 aliphatic rings. The van der Waals surface area contributed by atoms with Crippen LogP contribution in [0.2, 0.25) is 0 Å². The van der Waals surface area contributed by atoms with E-state index in [4.69, 9.17) is 4.74 Å². The first-order chi connectivity index (χ1) is 12.0. The quantitative estimate of drug-likeness (QED) is 0.311. The third-order valence-electron chi connectivity index (χ3n) is 5.19. The van der Waals surface area contributed by atoms with Crippen LogP contribution in [0.4, 0.5) is 0 Å². The summed E-state index contributed by atoms with van der Waals surface area (Å²) < 4.78 is 5.40. The molecule has 1 fully saturated rings. The van der Waals surface area contributed by atoms with Gasteiger partial charge < -0.3 is 9.53 Å². The molecule has 0 bridgehead atoms. The van der Waals surface area contributed by atoms with Crippen molar-refractivity contribution in [1.29, 1.82) is 0 Å². The Balaban J connectivity index is 2.25. The molecule has 2 atom stereocenters. The van der Waals surface area contributed by atoms with Gasteiger partial charge in [-0.05, 0) is 18.4 Å². The summed E-state index contributed by atoms with van der Waals surface area (Å²) in [4.78, 5) is 35.8. The van der Waals surface area contributed by atoms with E-state index in [1.165, 1.54) is 0 Å². The van der Waals surface area contributed by atoms with Gasteiger partial charge in [0, 0.05) is 16.8 Å². The van der Waals surface area contributed by atoms with Gasteiger partial charge in [0.25, 0.3) is 0 Å². The maximum absolute atomic E-state index is 12.8. The zero-order valence-electron chi connectivity index (χ0n) is 14.6. The van der Waals surface area contributed by atoms with Crippen molar-refractivity contribution in [3.63, 3.8) is 0 Å². The molecule has 0 amide bonds. The third kappa shape index (κ3) is 4.44. The Hall–Kier alpha value is -2.24. The molecule has 1 aliphatic carbocycles. The monoisotopic (exact) mass is 347 g/mol. The highest BCUT2D eigenvalue weighted by atomic mass is 16.6. The van der Waals surface area contributed by atoms with Gasteiger partial charge in [-0.3, -0.25) is 14.9 Å². The van der Waals surface area contributed by atoms with Crippen LogP contribution in [0, 0.1) is 21.4 Å². The van der Waals surface area contributed by atoms with Crippen LogP contribution >= 0.6 is 0 Å². The fourth-order valence-electron chi connectivity index (χ4n) is 3.81. The largest absolute Gasteiger partial charge is 0.460 e. The maximum Gasteiger partial charge on any atom is 0.317 e. The Morgan fingerprint density at radius 1 is 1.28 bits per heavy atom. The summed E-state index contributed by atoms with van der Waals surface area (Å²) in [5.41, 5.74) is -0.174. The molecule has 0 heterocycles. The Morgan fingerprint density at radius 3 is 2.44 bits per heavy atom. The number of hydrogen-bond donors (Lipinski definition) is 0. The zero-order valence-corrected chi connectivity index (χ0v) is 14.6. The summed E-state index contributed by atoms with van der Waals surface area (Å²) in [5, 5.41) is 11.5. The van der Waals surface area contributed by atoms with Gasteiger partial charge in [-0.2, -0.15) is 0 Å². The minimum absolute atomic E-state index is 0.0548. The zero-order chi connectivity index (χ0) is 18.3. The molecule has 0 aliphatic heterocycles. The average Bonchev–Trinajstić information content (AvgIpc) is 2.65. The van der Waals surface area contributed by atoms with Crippen LogP contribution in [0.1, 0.15) is 51.0 Å². The molecular formula is C19H25NO5. The first-order valence-electron chi connectivity index (χ1n) is 8.84. The van der Waals surface area contributed by atoms with Gasteiger partial charge in [0.1, 0.15) is 18.8 Å². The summed E-state index contributed by atoms with van der Waals surface area (Å²) in [5.74, 6) is -1.67. The van der Waals surface area contributed by atoms with Gasteiger partial charge in [0.2, 0.25) is 6.04 Å². The van der Waals surface area contributed by atoms with Crippen molar-refractivity contribution in [2.24, 2.45) is 11.3 Å². The second-order valence-corrected chi connectivity index (χ2v) is 6.74. The van der Waals surface area contributed by atoms with Gasteiger partial charge in [0.05, 0.1) is 0 Å². The number of esters is 1. The van der Waals surface area contributed by atoms with Gasteiger partial charge in [-0.25, -0.2) is 0 Å². The minimum atomic E-state index is -1.11. The van der Waals surface area contributed by atoms with Gasteiger partial charge in [0.15, 0.2) is 0 Å².